The van der Waals surface area contributed by atoms with Crippen molar-refractivity contribution < 1.29 is 9.53 Å². The Bertz CT molecular complexity index is 993. The molecular weight excluding hydrogens is 370 g/mol. The van der Waals surface area contributed by atoms with Crippen LogP contribution in [-0.4, -0.2) is 43.0 Å². The number of hydrogen-bond donors (Lipinski definition) is 2. The van der Waals surface area contributed by atoms with Crippen molar-refractivity contribution in [2.45, 2.75) is 44.6 Å². The molecule has 1 saturated carbocycles. The highest BCUT2D eigenvalue weighted by atomic mass is 16.5. The fourth-order valence-electron chi connectivity index (χ4n) is 3.89. The van der Waals surface area contributed by atoms with E-state index in [9.17, 15) is 4.79 Å². The van der Waals surface area contributed by atoms with Crippen LogP contribution in [0.3, 0.4) is 0 Å². The molecule has 1 aliphatic rings. The summed E-state index contributed by atoms with van der Waals surface area (Å²) in [6.45, 7) is 2.31. The fourth-order valence-corrected chi connectivity index (χ4v) is 3.89. The van der Waals surface area contributed by atoms with Crippen LogP contribution in [0.1, 0.15) is 64.4 Å². The Morgan fingerprint density at radius 2 is 2.10 bits per heavy atom. The lowest BCUT2D eigenvalue weighted by molar-refractivity contribution is 0.101. The van der Waals surface area contributed by atoms with Gasteiger partial charge in [-0.05, 0) is 32.3 Å². The maximum absolute atomic E-state index is 12.6. The number of ether oxygens (including phenoxy) is 1. The minimum Gasteiger partial charge on any atom is -0.378 e. The number of aryl methyl sites for hydroxylation is 2. The SMILES string of the molecule is COCc1cc(C(=O)Nc2cc([C@H]3CC[C@@H](c4cnc(C)cn4)C3)[nH]n2)n(C)n1. The lowest BCUT2D eigenvalue weighted by Gasteiger charge is -2.09. The number of anilines is 1. The summed E-state index contributed by atoms with van der Waals surface area (Å²) < 4.78 is 6.61. The summed E-state index contributed by atoms with van der Waals surface area (Å²) in [6.07, 6.45) is 6.82. The molecule has 3 aromatic heterocycles. The van der Waals surface area contributed by atoms with E-state index in [0.29, 0.717) is 35.6 Å². The maximum atomic E-state index is 12.6. The average Bonchev–Trinajstić information content (AvgIpc) is 3.42. The molecule has 3 aromatic rings. The molecule has 0 unspecified atom stereocenters. The first-order valence-electron chi connectivity index (χ1n) is 9.70. The normalized spacial score (nSPS) is 18.9. The van der Waals surface area contributed by atoms with Crippen molar-refractivity contribution >= 4 is 11.7 Å². The first kappa shape index (κ1) is 19.3. The molecule has 2 atom stereocenters. The average molecular weight is 395 g/mol. The monoisotopic (exact) mass is 395 g/mol. The van der Waals surface area contributed by atoms with Gasteiger partial charge in [0.15, 0.2) is 5.82 Å². The largest absolute Gasteiger partial charge is 0.378 e. The van der Waals surface area contributed by atoms with Crippen LogP contribution in [0, 0.1) is 6.92 Å². The molecule has 0 saturated heterocycles. The second kappa shape index (κ2) is 8.12. The summed E-state index contributed by atoms with van der Waals surface area (Å²) in [5.74, 6) is 1.03. The van der Waals surface area contributed by atoms with Gasteiger partial charge < -0.3 is 10.1 Å². The number of aromatic nitrogens is 6. The molecular formula is C20H25N7O2. The van der Waals surface area contributed by atoms with Crippen molar-refractivity contribution in [3.8, 4) is 0 Å². The maximum Gasteiger partial charge on any atom is 0.275 e. The van der Waals surface area contributed by atoms with E-state index in [-0.39, 0.29) is 5.91 Å². The molecule has 3 heterocycles. The fraction of sp³-hybridized carbons (Fsp3) is 0.450. The standard InChI is InChI=1S/C20H25N7O2/c1-12-9-22-17(10-21-12)14-5-4-13(6-14)16-8-19(25-24-16)23-20(28)18-7-15(11-29-3)26-27(18)2/h7-10,13-14H,4-6,11H2,1-3H3,(H2,23,24,25,28)/t13-,14+/m0/s1. The van der Waals surface area contributed by atoms with Gasteiger partial charge in [0.25, 0.3) is 5.91 Å². The Kier molecular flexibility index (Phi) is 5.39. The van der Waals surface area contributed by atoms with Crippen LogP contribution in [0.25, 0.3) is 0 Å². The van der Waals surface area contributed by atoms with Gasteiger partial charge in [0.1, 0.15) is 5.69 Å². The van der Waals surface area contributed by atoms with E-state index in [1.54, 1.807) is 24.9 Å². The lowest BCUT2D eigenvalue weighted by atomic mass is 10.00. The molecule has 2 N–H and O–H groups in total. The molecule has 4 rings (SSSR count). The van der Waals surface area contributed by atoms with Crippen LogP contribution in [0.15, 0.2) is 24.5 Å². The van der Waals surface area contributed by atoms with E-state index < -0.39 is 0 Å². The van der Waals surface area contributed by atoms with Crippen LogP contribution in [0.4, 0.5) is 5.82 Å². The summed E-state index contributed by atoms with van der Waals surface area (Å²) in [6, 6.07) is 3.63. The van der Waals surface area contributed by atoms with Crippen molar-refractivity contribution in [2.24, 2.45) is 7.05 Å². The van der Waals surface area contributed by atoms with Crippen molar-refractivity contribution in [3.63, 3.8) is 0 Å². The van der Waals surface area contributed by atoms with Crippen molar-refractivity contribution in [1.82, 2.24) is 29.9 Å². The van der Waals surface area contributed by atoms with E-state index in [0.717, 1.165) is 36.3 Å². The molecule has 1 aliphatic carbocycles. The molecule has 0 aliphatic heterocycles. The van der Waals surface area contributed by atoms with Crippen molar-refractivity contribution in [2.75, 3.05) is 12.4 Å². The quantitative estimate of drug-likeness (QED) is 0.664. The number of carbonyl (C=O) groups excluding carboxylic acids is 1. The van der Waals surface area contributed by atoms with Crippen LogP contribution in [0.2, 0.25) is 0 Å². The van der Waals surface area contributed by atoms with Gasteiger partial charge in [0, 0.05) is 50.1 Å². The molecule has 0 spiro atoms. The molecule has 0 bridgehead atoms. The number of amides is 1. The van der Waals surface area contributed by atoms with Gasteiger partial charge in [-0.2, -0.15) is 10.2 Å². The molecule has 29 heavy (non-hydrogen) atoms. The van der Waals surface area contributed by atoms with Gasteiger partial charge in [0.05, 0.1) is 23.7 Å². The van der Waals surface area contributed by atoms with Gasteiger partial charge in [-0.15, -0.1) is 0 Å². The number of methoxy groups -OCH3 is 1. The van der Waals surface area contributed by atoms with Crippen LogP contribution >= 0.6 is 0 Å². The molecule has 0 radical (unpaired) electrons. The summed E-state index contributed by atoms with van der Waals surface area (Å²) in [5.41, 5.74) is 4.18. The van der Waals surface area contributed by atoms with Gasteiger partial charge in [-0.1, -0.05) is 0 Å². The zero-order valence-electron chi connectivity index (χ0n) is 16.8. The van der Waals surface area contributed by atoms with Gasteiger partial charge in [0.2, 0.25) is 0 Å². The minimum absolute atomic E-state index is 0.250. The Hall–Kier alpha value is -3.07. The number of hydrogen-bond acceptors (Lipinski definition) is 6. The van der Waals surface area contributed by atoms with E-state index >= 15 is 0 Å². The zero-order valence-corrected chi connectivity index (χ0v) is 16.8. The number of carbonyl (C=O) groups is 1. The van der Waals surface area contributed by atoms with Gasteiger partial charge in [-0.3, -0.25) is 24.5 Å². The second-order valence-corrected chi connectivity index (χ2v) is 7.53. The van der Waals surface area contributed by atoms with E-state index in [4.69, 9.17) is 4.74 Å². The summed E-state index contributed by atoms with van der Waals surface area (Å²) in [7, 11) is 3.33. The molecule has 1 fully saturated rings. The Balaban J connectivity index is 1.40. The summed E-state index contributed by atoms with van der Waals surface area (Å²) in [4.78, 5) is 21.5. The highest BCUT2D eigenvalue weighted by Crippen LogP contribution is 2.42. The number of nitrogens with one attached hydrogen (secondary N) is 2. The van der Waals surface area contributed by atoms with E-state index in [1.165, 1.54) is 0 Å². The van der Waals surface area contributed by atoms with E-state index in [2.05, 4.69) is 30.6 Å². The number of H-pyrrole nitrogens is 1. The predicted octanol–water partition coefficient (Wildman–Crippen LogP) is 2.69. The van der Waals surface area contributed by atoms with Crippen molar-refractivity contribution in [1.29, 1.82) is 0 Å². The van der Waals surface area contributed by atoms with Crippen LogP contribution in [0.5, 0.6) is 0 Å². The third kappa shape index (κ3) is 4.19. The number of nitrogens with zero attached hydrogens (tertiary/aromatic N) is 5. The van der Waals surface area contributed by atoms with Gasteiger partial charge in [-0.25, -0.2) is 0 Å². The molecule has 0 aromatic carbocycles. The van der Waals surface area contributed by atoms with Crippen molar-refractivity contribution in [3.05, 3.63) is 53.0 Å². The van der Waals surface area contributed by atoms with Crippen LogP contribution in [-0.2, 0) is 18.4 Å². The Morgan fingerprint density at radius 3 is 2.86 bits per heavy atom. The second-order valence-electron chi connectivity index (χ2n) is 7.53. The third-order valence-corrected chi connectivity index (χ3v) is 5.39. The predicted molar refractivity (Wildman–Crippen MR) is 107 cm³/mol. The van der Waals surface area contributed by atoms with E-state index in [1.807, 2.05) is 25.4 Å². The molecule has 1 amide bonds. The Morgan fingerprint density at radius 1 is 1.28 bits per heavy atom. The highest BCUT2D eigenvalue weighted by molar-refractivity contribution is 6.02. The van der Waals surface area contributed by atoms with Crippen LogP contribution < -0.4 is 5.32 Å². The first-order valence-corrected chi connectivity index (χ1v) is 9.70. The third-order valence-electron chi connectivity index (χ3n) is 5.39. The molecule has 152 valence electrons. The first-order chi connectivity index (χ1) is 14.0. The molecule has 9 heteroatoms. The molecule has 9 nitrogen and oxygen atoms in total. The van der Waals surface area contributed by atoms with Gasteiger partial charge >= 0.3 is 0 Å². The topological polar surface area (TPSA) is 111 Å². The smallest absolute Gasteiger partial charge is 0.275 e. The number of rotatable bonds is 6. The number of aromatic amines is 1. The minimum atomic E-state index is -0.250. The summed E-state index contributed by atoms with van der Waals surface area (Å²) >= 11 is 0. The highest BCUT2D eigenvalue weighted by Gasteiger charge is 2.29. The summed E-state index contributed by atoms with van der Waals surface area (Å²) in [5, 5.41) is 14.5. The Labute approximate surface area is 168 Å². The zero-order chi connectivity index (χ0) is 20.4. The lowest BCUT2D eigenvalue weighted by Crippen LogP contribution is -2.16.